The van der Waals surface area contributed by atoms with Gasteiger partial charge in [-0.2, -0.15) is 0 Å². The Hall–Kier alpha value is -2.18. The molecule has 0 bridgehead atoms. The van der Waals surface area contributed by atoms with Crippen LogP contribution in [-0.4, -0.2) is 38.2 Å². The molecule has 4 aliphatic rings. The highest BCUT2D eigenvalue weighted by molar-refractivity contribution is 5.75. The molecule has 6 heteroatoms. The van der Waals surface area contributed by atoms with E-state index in [1.807, 2.05) is 6.07 Å². The highest BCUT2D eigenvalue weighted by Crippen LogP contribution is 2.50. The number of rotatable bonds is 3. The molecule has 1 spiro atoms. The molecular weight excluding hydrogens is 354 g/mol. The molecule has 3 N–H and O–H groups in total. The molecular formula is C22H25N3O3. The Morgan fingerprint density at radius 1 is 1.07 bits per heavy atom. The number of aromatic nitrogens is 2. The van der Waals surface area contributed by atoms with Crippen LogP contribution in [0.25, 0.3) is 11.3 Å². The molecule has 2 fully saturated rings. The van der Waals surface area contributed by atoms with Gasteiger partial charge in [-0.25, -0.2) is 0 Å². The Morgan fingerprint density at radius 2 is 1.96 bits per heavy atom. The van der Waals surface area contributed by atoms with Gasteiger partial charge >= 0.3 is 0 Å². The lowest BCUT2D eigenvalue weighted by atomic mass is 9.88. The molecule has 2 saturated carbocycles. The summed E-state index contributed by atoms with van der Waals surface area (Å²) in [7, 11) is 0. The molecule has 0 amide bonds. The van der Waals surface area contributed by atoms with Gasteiger partial charge in [-0.05, 0) is 67.7 Å². The second kappa shape index (κ2) is 5.91. The number of nitrogens with one attached hydrogen (secondary N) is 1. The van der Waals surface area contributed by atoms with Gasteiger partial charge in [0.15, 0.2) is 5.82 Å². The van der Waals surface area contributed by atoms with E-state index in [0.29, 0.717) is 12.4 Å². The average molecular weight is 379 g/mol. The molecule has 6 rings (SSSR count). The fourth-order valence-corrected chi connectivity index (χ4v) is 4.91. The number of fused-ring (bicyclic) bond motifs is 2. The lowest BCUT2D eigenvalue weighted by Gasteiger charge is -2.35. The summed E-state index contributed by atoms with van der Waals surface area (Å²) in [4.78, 5) is 0. The van der Waals surface area contributed by atoms with Gasteiger partial charge in [-0.15, -0.1) is 10.2 Å². The summed E-state index contributed by atoms with van der Waals surface area (Å²) in [5.41, 5.74) is 6.02. The zero-order chi connectivity index (χ0) is 18.9. The maximum absolute atomic E-state index is 11.0. The zero-order valence-corrected chi connectivity index (χ0v) is 15.9. The van der Waals surface area contributed by atoms with Crippen molar-refractivity contribution in [2.45, 2.75) is 75.7 Å². The number of hydrogen-bond acceptors (Lipinski definition) is 6. The van der Waals surface area contributed by atoms with E-state index >= 15 is 0 Å². The summed E-state index contributed by atoms with van der Waals surface area (Å²) < 4.78 is 6.17. The van der Waals surface area contributed by atoms with Gasteiger partial charge in [0.25, 0.3) is 0 Å². The Bertz CT molecular complexity index is 970. The number of anilines is 1. The van der Waals surface area contributed by atoms with Crippen LogP contribution in [0, 0.1) is 0 Å². The Balaban J connectivity index is 1.46. The monoisotopic (exact) mass is 379 g/mol. The van der Waals surface area contributed by atoms with E-state index in [-0.39, 0.29) is 17.7 Å². The van der Waals surface area contributed by atoms with Crippen LogP contribution in [-0.2, 0) is 30.6 Å². The smallest absolute Gasteiger partial charge is 0.154 e. The molecule has 3 aliphatic carbocycles. The maximum Gasteiger partial charge on any atom is 0.154 e. The molecule has 0 unspecified atom stereocenters. The van der Waals surface area contributed by atoms with Crippen molar-refractivity contribution in [1.82, 2.24) is 10.2 Å². The predicted molar refractivity (Wildman–Crippen MR) is 104 cm³/mol. The SMILES string of the molecule is Oc1c(-c2nnc(N[C@@H]3CC[C@@H]3O)c3c2CC2(CC2)OC3)ccc2c1CCC2. The van der Waals surface area contributed by atoms with E-state index in [1.54, 1.807) is 0 Å². The zero-order valence-electron chi connectivity index (χ0n) is 15.9. The summed E-state index contributed by atoms with van der Waals surface area (Å²) in [6.07, 6.45) is 7.47. The number of aryl methyl sites for hydroxylation is 1. The van der Waals surface area contributed by atoms with Crippen LogP contribution in [0.5, 0.6) is 5.75 Å². The Kier molecular flexibility index (Phi) is 3.53. The largest absolute Gasteiger partial charge is 0.507 e. The summed E-state index contributed by atoms with van der Waals surface area (Å²) in [6, 6.07) is 4.17. The maximum atomic E-state index is 11.0. The van der Waals surface area contributed by atoms with Gasteiger partial charge in [0.2, 0.25) is 0 Å². The molecule has 146 valence electrons. The third-order valence-corrected chi connectivity index (χ3v) is 7.08. The van der Waals surface area contributed by atoms with Crippen molar-refractivity contribution in [1.29, 1.82) is 0 Å². The number of aliphatic hydroxyl groups is 1. The van der Waals surface area contributed by atoms with Crippen molar-refractivity contribution in [2.75, 3.05) is 5.32 Å². The van der Waals surface area contributed by atoms with Crippen molar-refractivity contribution in [3.63, 3.8) is 0 Å². The number of aromatic hydroxyl groups is 1. The van der Waals surface area contributed by atoms with Crippen molar-refractivity contribution < 1.29 is 14.9 Å². The fraction of sp³-hybridized carbons (Fsp3) is 0.545. The first kappa shape index (κ1) is 16.7. The normalized spacial score (nSPS) is 26.5. The highest BCUT2D eigenvalue weighted by Gasteiger charge is 2.48. The second-order valence-electron chi connectivity index (χ2n) is 8.85. The first-order chi connectivity index (χ1) is 13.6. The van der Waals surface area contributed by atoms with Crippen LogP contribution >= 0.6 is 0 Å². The van der Waals surface area contributed by atoms with E-state index in [9.17, 15) is 10.2 Å². The molecule has 1 aromatic heterocycles. The van der Waals surface area contributed by atoms with E-state index < -0.39 is 0 Å². The summed E-state index contributed by atoms with van der Waals surface area (Å²) in [6.45, 7) is 0.509. The van der Waals surface area contributed by atoms with Gasteiger partial charge < -0.3 is 20.3 Å². The van der Waals surface area contributed by atoms with E-state index in [2.05, 4.69) is 21.6 Å². The highest BCUT2D eigenvalue weighted by atomic mass is 16.5. The molecule has 28 heavy (non-hydrogen) atoms. The minimum atomic E-state index is -0.322. The quantitative estimate of drug-likeness (QED) is 0.760. The van der Waals surface area contributed by atoms with Crippen molar-refractivity contribution >= 4 is 5.82 Å². The molecule has 0 radical (unpaired) electrons. The summed E-state index contributed by atoms with van der Waals surface area (Å²) in [5, 5.41) is 33.3. The topological polar surface area (TPSA) is 87.5 Å². The van der Waals surface area contributed by atoms with Gasteiger partial charge in [-0.1, -0.05) is 6.07 Å². The van der Waals surface area contributed by atoms with Crippen LogP contribution in [0.4, 0.5) is 5.82 Å². The van der Waals surface area contributed by atoms with Crippen molar-refractivity contribution in [2.24, 2.45) is 0 Å². The van der Waals surface area contributed by atoms with Crippen molar-refractivity contribution in [3.8, 4) is 17.0 Å². The number of phenols is 1. The minimum absolute atomic E-state index is 0.0365. The number of ether oxygens (including phenoxy) is 1. The number of benzene rings is 1. The van der Waals surface area contributed by atoms with Gasteiger partial charge in [0, 0.05) is 17.5 Å². The van der Waals surface area contributed by atoms with Crippen LogP contribution in [0.3, 0.4) is 0 Å². The Labute approximate surface area is 164 Å². The summed E-state index contributed by atoms with van der Waals surface area (Å²) >= 11 is 0. The van der Waals surface area contributed by atoms with E-state index in [0.717, 1.165) is 85.1 Å². The molecule has 2 atom stereocenters. The molecule has 0 saturated heterocycles. The molecule has 2 aromatic rings. The van der Waals surface area contributed by atoms with Crippen LogP contribution < -0.4 is 5.32 Å². The number of aliphatic hydroxyl groups excluding tert-OH is 1. The third-order valence-electron chi connectivity index (χ3n) is 7.08. The Morgan fingerprint density at radius 3 is 2.71 bits per heavy atom. The third kappa shape index (κ3) is 2.47. The number of hydrogen-bond donors (Lipinski definition) is 3. The van der Waals surface area contributed by atoms with Gasteiger partial charge in [-0.3, -0.25) is 0 Å². The second-order valence-corrected chi connectivity index (χ2v) is 8.85. The summed E-state index contributed by atoms with van der Waals surface area (Å²) in [5.74, 6) is 1.09. The standard InChI is InChI=1S/C22H25N3O3/c26-18-7-6-17(18)23-21-16-11-28-22(8-9-22)10-15(16)19(24-25-21)14-5-4-12-2-1-3-13(12)20(14)27/h4-5,17-18,26-27H,1-3,6-11H2,(H,23,25)/t17-,18+/m1/s1. The van der Waals surface area contributed by atoms with Crippen molar-refractivity contribution in [3.05, 3.63) is 34.4 Å². The first-order valence-electron chi connectivity index (χ1n) is 10.4. The lowest BCUT2D eigenvalue weighted by Crippen LogP contribution is -2.43. The number of nitrogens with zero attached hydrogens (tertiary/aromatic N) is 2. The molecule has 1 aromatic carbocycles. The van der Waals surface area contributed by atoms with Gasteiger partial charge in [0.05, 0.1) is 24.4 Å². The molecule has 6 nitrogen and oxygen atoms in total. The average Bonchev–Trinajstić information content (AvgIpc) is 3.26. The fourth-order valence-electron chi connectivity index (χ4n) is 4.91. The van der Waals surface area contributed by atoms with Crippen LogP contribution in [0.15, 0.2) is 12.1 Å². The van der Waals surface area contributed by atoms with E-state index in [4.69, 9.17) is 4.74 Å². The lowest BCUT2D eigenvalue weighted by molar-refractivity contribution is 0.00814. The predicted octanol–water partition coefficient (Wildman–Crippen LogP) is 2.88. The molecule has 2 heterocycles. The van der Waals surface area contributed by atoms with Crippen LogP contribution in [0.1, 0.15) is 54.4 Å². The minimum Gasteiger partial charge on any atom is -0.507 e. The van der Waals surface area contributed by atoms with Gasteiger partial charge in [0.1, 0.15) is 11.4 Å². The first-order valence-corrected chi connectivity index (χ1v) is 10.4. The number of phenolic OH excluding ortho intramolecular Hbond substituents is 1. The van der Waals surface area contributed by atoms with Crippen LogP contribution in [0.2, 0.25) is 0 Å². The molecule has 1 aliphatic heterocycles. The van der Waals surface area contributed by atoms with E-state index in [1.165, 1.54) is 5.56 Å².